The van der Waals surface area contributed by atoms with E-state index in [-0.39, 0.29) is 11.3 Å². The molecule has 7 nitrogen and oxygen atoms in total. The monoisotopic (exact) mass is 408 g/mol. The Kier molecular flexibility index (Phi) is 5.92. The van der Waals surface area contributed by atoms with Crippen LogP contribution in [0.3, 0.4) is 0 Å². The molecule has 7 heteroatoms. The quantitative estimate of drug-likeness (QED) is 0.433. The van der Waals surface area contributed by atoms with E-state index < -0.39 is 17.7 Å². The van der Waals surface area contributed by atoms with Gasteiger partial charge in [0.25, 0.3) is 11.7 Å². The third-order valence-corrected chi connectivity index (χ3v) is 5.77. The molecule has 4 rings (SSSR count). The number of morpholine rings is 1. The van der Waals surface area contributed by atoms with E-state index in [4.69, 9.17) is 4.74 Å². The van der Waals surface area contributed by atoms with E-state index in [0.717, 1.165) is 25.2 Å². The van der Waals surface area contributed by atoms with E-state index in [1.165, 1.54) is 4.90 Å². The Morgan fingerprint density at radius 3 is 2.60 bits per heavy atom. The van der Waals surface area contributed by atoms with E-state index in [2.05, 4.69) is 4.98 Å². The zero-order valence-electron chi connectivity index (χ0n) is 17.0. The van der Waals surface area contributed by atoms with Crippen molar-refractivity contribution in [2.45, 2.75) is 13.0 Å². The van der Waals surface area contributed by atoms with E-state index >= 15 is 0 Å². The minimum atomic E-state index is -0.654. The van der Waals surface area contributed by atoms with Crippen molar-refractivity contribution in [1.82, 2.24) is 9.88 Å². The molecule has 2 saturated heterocycles. The Morgan fingerprint density at radius 2 is 1.93 bits per heavy atom. The maximum Gasteiger partial charge on any atom is 0.295 e. The van der Waals surface area contributed by atoms with Gasteiger partial charge in [-0.3, -0.25) is 14.6 Å². The predicted molar refractivity (Wildman–Crippen MR) is 111 cm³/mol. The molecule has 2 aliphatic heterocycles. The number of Topliss-reactive ketones (excluding diaryl/α,β-unsaturated/α-hetero) is 1. The summed E-state index contributed by atoms with van der Waals surface area (Å²) in [4.78, 5) is 33.0. The number of nitrogens with zero attached hydrogens (tertiary/aromatic N) is 2. The molecule has 0 spiro atoms. The van der Waals surface area contributed by atoms with Gasteiger partial charge in [0.05, 0.1) is 37.9 Å². The molecule has 0 bridgehead atoms. The summed E-state index contributed by atoms with van der Waals surface area (Å²) in [6, 6.07) is 10.2. The van der Waals surface area contributed by atoms with Crippen molar-refractivity contribution in [3.05, 3.63) is 71.1 Å². The van der Waals surface area contributed by atoms with Gasteiger partial charge in [-0.15, -0.1) is 0 Å². The molecule has 1 aromatic carbocycles. The highest BCUT2D eigenvalue weighted by Gasteiger charge is 2.46. The molecule has 0 unspecified atom stereocenters. The van der Waals surface area contributed by atoms with Crippen LogP contribution in [0.5, 0.6) is 0 Å². The normalized spacial score (nSPS) is 21.9. The van der Waals surface area contributed by atoms with E-state index in [9.17, 15) is 14.7 Å². The minimum absolute atomic E-state index is 0.119. The fourth-order valence-electron chi connectivity index (χ4n) is 4.05. The fraction of sp³-hybridized carbons (Fsp3) is 0.348. The van der Waals surface area contributed by atoms with Crippen molar-refractivity contribution >= 4 is 17.4 Å². The molecule has 0 radical (unpaired) electrons. The van der Waals surface area contributed by atoms with Crippen molar-refractivity contribution in [2.24, 2.45) is 0 Å². The average Bonchev–Trinajstić information content (AvgIpc) is 3.04. The highest BCUT2D eigenvalue weighted by atomic mass is 16.5. The molecule has 0 saturated carbocycles. The number of aliphatic hydroxyl groups excluding tert-OH is 1. The smallest absolute Gasteiger partial charge is 0.295 e. The average molecular weight is 408 g/mol. The molecule has 1 aromatic heterocycles. The molecular weight excluding hydrogens is 382 g/mol. The molecule has 2 aliphatic rings. The van der Waals surface area contributed by atoms with Crippen molar-refractivity contribution in [1.29, 1.82) is 0 Å². The van der Waals surface area contributed by atoms with Gasteiger partial charge in [-0.25, -0.2) is 0 Å². The molecule has 156 valence electrons. The van der Waals surface area contributed by atoms with E-state index in [1.807, 2.05) is 25.1 Å². The summed E-state index contributed by atoms with van der Waals surface area (Å²) in [6.07, 6.45) is 3.29. The Labute approximate surface area is 175 Å². The fourth-order valence-corrected chi connectivity index (χ4v) is 4.05. The molecule has 1 amide bonds. The molecule has 1 atom stereocenters. The van der Waals surface area contributed by atoms with Crippen molar-refractivity contribution in [3.8, 4) is 0 Å². The number of aliphatic hydroxyl groups is 1. The standard InChI is InChI=1S/C23H25N3O4/c1-16-4-6-17(7-5-16)21(27)19-20(18-3-2-8-24-15-18)26(23(29)22(19)28)10-9-25-11-13-30-14-12-25/h2-8,15,20,27H,9-14H2,1H3/p+1/t20-/m0/s1. The summed E-state index contributed by atoms with van der Waals surface area (Å²) in [6.45, 7) is 6.26. The first-order chi connectivity index (χ1) is 14.6. The number of rotatable bonds is 5. The van der Waals surface area contributed by atoms with Gasteiger partial charge < -0.3 is 19.6 Å². The van der Waals surface area contributed by atoms with Crippen molar-refractivity contribution < 1.29 is 24.3 Å². The van der Waals surface area contributed by atoms with Gasteiger partial charge in [0.15, 0.2) is 0 Å². The zero-order valence-corrected chi connectivity index (χ0v) is 17.0. The van der Waals surface area contributed by atoms with Gasteiger partial charge in [0, 0.05) is 18.0 Å². The minimum Gasteiger partial charge on any atom is -0.507 e. The Morgan fingerprint density at radius 1 is 1.20 bits per heavy atom. The first kappa shape index (κ1) is 20.3. The third kappa shape index (κ3) is 3.99. The molecular formula is C23H26N3O4+. The van der Waals surface area contributed by atoms with Crippen LogP contribution in [0.2, 0.25) is 0 Å². The molecule has 3 heterocycles. The Balaban J connectivity index is 1.71. The molecule has 2 fully saturated rings. The SMILES string of the molecule is Cc1ccc(C(O)=C2C(=O)C(=O)N(CC[NH+]3CCOCC3)[C@H]2c2cccnc2)cc1. The summed E-state index contributed by atoms with van der Waals surface area (Å²) >= 11 is 0. The Bertz CT molecular complexity index is 950. The van der Waals surface area contributed by atoms with E-state index in [0.29, 0.717) is 30.9 Å². The van der Waals surface area contributed by atoms with Crippen LogP contribution in [0, 0.1) is 6.92 Å². The number of carbonyl (C=O) groups is 2. The van der Waals surface area contributed by atoms with Crippen LogP contribution < -0.4 is 4.90 Å². The van der Waals surface area contributed by atoms with Crippen LogP contribution in [0.4, 0.5) is 0 Å². The number of amides is 1. The second-order valence-corrected chi connectivity index (χ2v) is 7.76. The van der Waals surface area contributed by atoms with Gasteiger partial charge in [-0.1, -0.05) is 35.9 Å². The van der Waals surface area contributed by atoms with E-state index in [1.54, 1.807) is 35.5 Å². The Hall–Kier alpha value is -3.03. The number of aryl methyl sites for hydroxylation is 1. The number of hydrogen-bond donors (Lipinski definition) is 2. The number of hydrogen-bond acceptors (Lipinski definition) is 5. The highest BCUT2D eigenvalue weighted by molar-refractivity contribution is 6.46. The third-order valence-electron chi connectivity index (χ3n) is 5.77. The second-order valence-electron chi connectivity index (χ2n) is 7.76. The number of nitrogens with one attached hydrogen (secondary N) is 1. The van der Waals surface area contributed by atoms with Crippen LogP contribution in [-0.2, 0) is 14.3 Å². The number of quaternary nitrogens is 1. The maximum absolute atomic E-state index is 13.0. The second kappa shape index (κ2) is 8.77. The lowest BCUT2D eigenvalue weighted by Crippen LogP contribution is -3.14. The van der Waals surface area contributed by atoms with Gasteiger partial charge in [0.2, 0.25) is 0 Å². The number of ether oxygens (including phenoxy) is 1. The molecule has 2 aromatic rings. The number of carbonyl (C=O) groups excluding carboxylic acids is 2. The summed E-state index contributed by atoms with van der Waals surface area (Å²) in [5, 5.41) is 11.0. The number of aromatic nitrogens is 1. The molecule has 30 heavy (non-hydrogen) atoms. The lowest BCUT2D eigenvalue weighted by molar-refractivity contribution is -0.907. The molecule has 0 aliphatic carbocycles. The largest absolute Gasteiger partial charge is 0.507 e. The summed E-state index contributed by atoms with van der Waals surface area (Å²) in [5.74, 6) is -1.38. The van der Waals surface area contributed by atoms with Crippen LogP contribution in [0.1, 0.15) is 22.7 Å². The van der Waals surface area contributed by atoms with Gasteiger partial charge in [0.1, 0.15) is 18.8 Å². The highest BCUT2D eigenvalue weighted by Crippen LogP contribution is 2.38. The molecule has 2 N–H and O–H groups in total. The number of ketones is 1. The number of likely N-dealkylation sites (tertiary alicyclic amines) is 1. The van der Waals surface area contributed by atoms with Crippen LogP contribution in [-0.4, -0.2) is 66.1 Å². The van der Waals surface area contributed by atoms with Crippen LogP contribution in [0.25, 0.3) is 5.76 Å². The maximum atomic E-state index is 13.0. The van der Waals surface area contributed by atoms with Gasteiger partial charge in [-0.2, -0.15) is 0 Å². The van der Waals surface area contributed by atoms with Gasteiger partial charge >= 0.3 is 0 Å². The lowest BCUT2D eigenvalue weighted by atomic mass is 9.96. The number of pyridine rings is 1. The summed E-state index contributed by atoms with van der Waals surface area (Å²) in [5.41, 5.74) is 2.40. The number of benzene rings is 1. The summed E-state index contributed by atoms with van der Waals surface area (Å²) < 4.78 is 5.40. The summed E-state index contributed by atoms with van der Waals surface area (Å²) in [7, 11) is 0. The van der Waals surface area contributed by atoms with Gasteiger partial charge in [-0.05, 0) is 18.6 Å². The topological polar surface area (TPSA) is 84.2 Å². The zero-order chi connectivity index (χ0) is 21.1. The first-order valence-corrected chi connectivity index (χ1v) is 10.2. The van der Waals surface area contributed by atoms with Crippen molar-refractivity contribution in [2.75, 3.05) is 39.4 Å². The predicted octanol–water partition coefficient (Wildman–Crippen LogP) is 0.727. The lowest BCUT2D eigenvalue weighted by Gasteiger charge is -2.29. The van der Waals surface area contributed by atoms with Crippen LogP contribution >= 0.6 is 0 Å². The first-order valence-electron chi connectivity index (χ1n) is 10.2. The van der Waals surface area contributed by atoms with Crippen LogP contribution in [0.15, 0.2) is 54.4 Å². The van der Waals surface area contributed by atoms with Crippen molar-refractivity contribution in [3.63, 3.8) is 0 Å².